The molecule has 6 heteroatoms. The van der Waals surface area contributed by atoms with Gasteiger partial charge in [0, 0.05) is 33.6 Å². The molecule has 0 radical (unpaired) electrons. The number of pyridine rings is 1. The van der Waals surface area contributed by atoms with Crippen LogP contribution in [0.15, 0.2) is 45.9 Å². The summed E-state index contributed by atoms with van der Waals surface area (Å²) in [6.45, 7) is 0.664. The van der Waals surface area contributed by atoms with Gasteiger partial charge in [-0.15, -0.1) is 11.8 Å². The minimum absolute atomic E-state index is 0.0929. The molecular weight excluding hydrogens is 338 g/mol. The highest BCUT2D eigenvalue weighted by molar-refractivity contribution is 9.10. The van der Waals surface area contributed by atoms with E-state index in [2.05, 4.69) is 20.9 Å². The number of fused-ring (bicyclic) bond motifs is 1. The van der Waals surface area contributed by atoms with Crippen molar-refractivity contribution in [3.8, 4) is 0 Å². The van der Waals surface area contributed by atoms with Crippen LogP contribution >= 0.6 is 27.7 Å². The van der Waals surface area contributed by atoms with Gasteiger partial charge in [-0.1, -0.05) is 0 Å². The van der Waals surface area contributed by atoms with E-state index in [1.807, 2.05) is 24.3 Å². The van der Waals surface area contributed by atoms with Crippen molar-refractivity contribution < 1.29 is 4.79 Å². The summed E-state index contributed by atoms with van der Waals surface area (Å²) >= 11 is 5.06. The van der Waals surface area contributed by atoms with Gasteiger partial charge in [0.1, 0.15) is 5.69 Å². The molecule has 0 saturated carbocycles. The van der Waals surface area contributed by atoms with Crippen LogP contribution in [-0.2, 0) is 0 Å². The van der Waals surface area contributed by atoms with Gasteiger partial charge in [-0.25, -0.2) is 4.98 Å². The molecule has 0 unspecified atom stereocenters. The van der Waals surface area contributed by atoms with Crippen LogP contribution in [0.2, 0.25) is 0 Å². The number of rotatable bonds is 1. The first kappa shape index (κ1) is 13.5. The minimum atomic E-state index is -0.0929. The summed E-state index contributed by atoms with van der Waals surface area (Å²) in [5, 5.41) is 0. The van der Waals surface area contributed by atoms with Gasteiger partial charge >= 0.3 is 0 Å². The van der Waals surface area contributed by atoms with Gasteiger partial charge in [-0.3, -0.25) is 4.79 Å². The average Bonchev–Trinajstić information content (AvgIpc) is 2.46. The van der Waals surface area contributed by atoms with Crippen molar-refractivity contribution in [1.82, 2.24) is 4.98 Å². The summed E-state index contributed by atoms with van der Waals surface area (Å²) < 4.78 is 0.855. The molecule has 1 aromatic heterocycles. The Bertz CT molecular complexity index is 660. The molecule has 1 aliphatic rings. The van der Waals surface area contributed by atoms with Crippen LogP contribution in [0.25, 0.3) is 0 Å². The third kappa shape index (κ3) is 2.53. The van der Waals surface area contributed by atoms with Crippen molar-refractivity contribution >= 4 is 45.0 Å². The summed E-state index contributed by atoms with van der Waals surface area (Å²) in [6.07, 6.45) is 1.63. The molecule has 0 aliphatic carbocycles. The second-order valence-electron chi connectivity index (χ2n) is 4.39. The molecule has 2 aromatic rings. The molecule has 0 atom stereocenters. The number of thioether (sulfide) groups is 1. The maximum Gasteiger partial charge on any atom is 0.276 e. The standard InChI is InChI=1S/C14H12BrN3OS/c15-9-1-3-11(17-8-9)14(19)18-5-6-20-13-4-2-10(16)7-12(13)18/h1-4,7-8H,5-6,16H2. The smallest absolute Gasteiger partial charge is 0.276 e. The van der Waals surface area contributed by atoms with Crippen molar-refractivity contribution in [2.24, 2.45) is 0 Å². The van der Waals surface area contributed by atoms with Crippen LogP contribution < -0.4 is 10.6 Å². The lowest BCUT2D eigenvalue weighted by atomic mass is 10.2. The predicted octanol–water partition coefficient (Wildman–Crippen LogP) is 3.18. The van der Waals surface area contributed by atoms with Crippen LogP contribution in [0.5, 0.6) is 0 Å². The molecule has 0 saturated heterocycles. The predicted molar refractivity (Wildman–Crippen MR) is 85.2 cm³/mol. The average molecular weight is 350 g/mol. The van der Waals surface area contributed by atoms with E-state index in [-0.39, 0.29) is 5.91 Å². The summed E-state index contributed by atoms with van der Waals surface area (Å²) in [5.41, 5.74) is 7.80. The molecule has 2 N–H and O–H groups in total. The highest BCUT2D eigenvalue weighted by Gasteiger charge is 2.24. The lowest BCUT2D eigenvalue weighted by Gasteiger charge is -2.29. The summed E-state index contributed by atoms with van der Waals surface area (Å²) in [5.74, 6) is 0.781. The Morgan fingerprint density at radius 2 is 2.20 bits per heavy atom. The lowest BCUT2D eigenvalue weighted by molar-refractivity contribution is 0.0983. The van der Waals surface area contributed by atoms with Gasteiger partial charge in [-0.05, 0) is 46.3 Å². The zero-order chi connectivity index (χ0) is 14.1. The fourth-order valence-electron chi connectivity index (χ4n) is 2.09. The number of amides is 1. The van der Waals surface area contributed by atoms with E-state index < -0.39 is 0 Å². The van der Waals surface area contributed by atoms with E-state index in [4.69, 9.17) is 5.73 Å². The number of nitrogens with zero attached hydrogens (tertiary/aromatic N) is 2. The number of carbonyl (C=O) groups is 1. The van der Waals surface area contributed by atoms with Gasteiger partial charge in [0.2, 0.25) is 0 Å². The quantitative estimate of drug-likeness (QED) is 0.803. The molecule has 1 amide bonds. The Balaban J connectivity index is 1.97. The van der Waals surface area contributed by atoms with Gasteiger partial charge < -0.3 is 10.6 Å². The third-order valence-corrected chi connectivity index (χ3v) is 4.55. The number of hydrogen-bond donors (Lipinski definition) is 1. The van der Waals surface area contributed by atoms with Crippen LogP contribution in [0.1, 0.15) is 10.5 Å². The highest BCUT2D eigenvalue weighted by atomic mass is 79.9. The molecule has 102 valence electrons. The maximum absolute atomic E-state index is 12.6. The Morgan fingerprint density at radius 3 is 2.95 bits per heavy atom. The van der Waals surface area contributed by atoms with E-state index in [0.29, 0.717) is 17.9 Å². The number of anilines is 2. The van der Waals surface area contributed by atoms with E-state index in [1.54, 1.807) is 28.9 Å². The zero-order valence-electron chi connectivity index (χ0n) is 10.5. The molecule has 1 aliphatic heterocycles. The summed E-state index contributed by atoms with van der Waals surface area (Å²) in [4.78, 5) is 19.6. The van der Waals surface area contributed by atoms with Crippen molar-refractivity contribution in [3.05, 3.63) is 46.7 Å². The first-order chi connectivity index (χ1) is 9.65. The number of aromatic nitrogens is 1. The first-order valence-electron chi connectivity index (χ1n) is 6.11. The van der Waals surface area contributed by atoms with Gasteiger partial charge in [0.25, 0.3) is 5.91 Å². The number of nitrogen functional groups attached to an aromatic ring is 1. The maximum atomic E-state index is 12.6. The first-order valence-corrected chi connectivity index (χ1v) is 7.89. The molecule has 0 spiro atoms. The molecule has 3 rings (SSSR count). The second kappa shape index (κ2) is 5.46. The summed E-state index contributed by atoms with van der Waals surface area (Å²) in [7, 11) is 0. The van der Waals surface area contributed by atoms with Crippen LogP contribution in [0.4, 0.5) is 11.4 Å². The molecule has 2 heterocycles. The Kier molecular flexibility index (Phi) is 3.67. The van der Waals surface area contributed by atoms with Crippen molar-refractivity contribution in [3.63, 3.8) is 0 Å². The van der Waals surface area contributed by atoms with E-state index in [1.165, 1.54) is 0 Å². The molecule has 20 heavy (non-hydrogen) atoms. The Hall–Kier alpha value is -1.53. The fraction of sp³-hybridized carbons (Fsp3) is 0.143. The lowest BCUT2D eigenvalue weighted by Crippen LogP contribution is -2.36. The molecule has 4 nitrogen and oxygen atoms in total. The highest BCUT2D eigenvalue weighted by Crippen LogP contribution is 2.36. The molecule has 0 bridgehead atoms. The fourth-order valence-corrected chi connectivity index (χ4v) is 3.30. The monoisotopic (exact) mass is 349 g/mol. The Morgan fingerprint density at radius 1 is 1.35 bits per heavy atom. The van der Waals surface area contributed by atoms with Crippen molar-refractivity contribution in [1.29, 1.82) is 0 Å². The number of carbonyl (C=O) groups excluding carboxylic acids is 1. The number of nitrogens with two attached hydrogens (primary N) is 1. The van der Waals surface area contributed by atoms with Crippen molar-refractivity contribution in [2.75, 3.05) is 22.9 Å². The SMILES string of the molecule is Nc1ccc2c(c1)N(C(=O)c1ccc(Br)cn1)CCS2. The molecule has 1 aromatic carbocycles. The second-order valence-corrected chi connectivity index (χ2v) is 6.45. The van der Waals surface area contributed by atoms with E-state index in [9.17, 15) is 4.79 Å². The normalized spacial score (nSPS) is 13.9. The van der Waals surface area contributed by atoms with Gasteiger partial charge in [0.05, 0.1) is 5.69 Å². The van der Waals surface area contributed by atoms with Gasteiger partial charge in [-0.2, -0.15) is 0 Å². The topological polar surface area (TPSA) is 59.2 Å². The number of halogens is 1. The zero-order valence-corrected chi connectivity index (χ0v) is 12.9. The van der Waals surface area contributed by atoms with Gasteiger partial charge in [0.15, 0.2) is 0 Å². The minimum Gasteiger partial charge on any atom is -0.399 e. The third-order valence-electron chi connectivity index (χ3n) is 3.04. The summed E-state index contributed by atoms with van der Waals surface area (Å²) in [6, 6.07) is 9.21. The van der Waals surface area contributed by atoms with Crippen LogP contribution in [0.3, 0.4) is 0 Å². The largest absolute Gasteiger partial charge is 0.399 e. The van der Waals surface area contributed by atoms with Crippen LogP contribution in [-0.4, -0.2) is 23.2 Å². The number of benzene rings is 1. The number of hydrogen-bond acceptors (Lipinski definition) is 4. The van der Waals surface area contributed by atoms with E-state index >= 15 is 0 Å². The van der Waals surface area contributed by atoms with E-state index in [0.717, 1.165) is 20.8 Å². The molecule has 0 fully saturated rings. The Labute approximate surface area is 129 Å². The van der Waals surface area contributed by atoms with Crippen LogP contribution in [0, 0.1) is 0 Å². The van der Waals surface area contributed by atoms with Crippen molar-refractivity contribution in [2.45, 2.75) is 4.90 Å². The molecular formula is C14H12BrN3OS.